The second-order valence-electron chi connectivity index (χ2n) is 6.42. The first-order chi connectivity index (χ1) is 12.7. The minimum absolute atomic E-state index is 0.275. The number of rotatable bonds is 16. The Balaban J connectivity index is 3.54. The summed E-state index contributed by atoms with van der Waals surface area (Å²) in [7, 11) is 0. The molecule has 146 valence electrons. The van der Waals surface area contributed by atoms with Crippen LogP contribution in [0.5, 0.6) is 0 Å². The molecular weight excluding hydrogens is 320 g/mol. The lowest BCUT2D eigenvalue weighted by Gasteiger charge is -2.14. The van der Waals surface area contributed by atoms with Crippen LogP contribution in [-0.4, -0.2) is 5.97 Å². The number of carbonyl (C=O) groups excluding carboxylic acids is 1. The second-order valence-corrected chi connectivity index (χ2v) is 6.42. The SMILES string of the molecule is CC/C=C\C/C=C\C/C=C\C/C=C\C/C=C\CCCCC(CC)C(=O)[O-]. The highest BCUT2D eigenvalue weighted by Crippen LogP contribution is 2.13. The number of aliphatic carboxylic acids is 1. The molecule has 0 spiro atoms. The predicted octanol–water partition coefficient (Wildman–Crippen LogP) is 6.07. The second kappa shape index (κ2) is 19.5. The zero-order valence-electron chi connectivity index (χ0n) is 16.7. The maximum atomic E-state index is 10.8. The molecule has 0 N–H and O–H groups in total. The van der Waals surface area contributed by atoms with Gasteiger partial charge in [-0.1, -0.05) is 81.0 Å². The summed E-state index contributed by atoms with van der Waals surface area (Å²) in [6.45, 7) is 4.06. The minimum Gasteiger partial charge on any atom is -0.550 e. The van der Waals surface area contributed by atoms with E-state index in [9.17, 15) is 9.90 Å². The van der Waals surface area contributed by atoms with Gasteiger partial charge >= 0.3 is 0 Å². The molecule has 0 amide bonds. The molecule has 26 heavy (non-hydrogen) atoms. The number of carboxylic acids is 1. The van der Waals surface area contributed by atoms with E-state index in [0.717, 1.165) is 57.8 Å². The third-order valence-corrected chi connectivity index (χ3v) is 4.16. The largest absolute Gasteiger partial charge is 0.550 e. The number of hydrogen-bond acceptors (Lipinski definition) is 2. The van der Waals surface area contributed by atoms with E-state index in [0.29, 0.717) is 6.42 Å². The van der Waals surface area contributed by atoms with Gasteiger partial charge in [-0.05, 0) is 63.7 Å². The first-order valence-corrected chi connectivity index (χ1v) is 10.2. The maximum absolute atomic E-state index is 10.8. The Kier molecular flexibility index (Phi) is 18.1. The topological polar surface area (TPSA) is 40.1 Å². The maximum Gasteiger partial charge on any atom is 0.0445 e. The van der Waals surface area contributed by atoms with Gasteiger partial charge in [-0.15, -0.1) is 0 Å². The van der Waals surface area contributed by atoms with Crippen LogP contribution in [0, 0.1) is 5.92 Å². The van der Waals surface area contributed by atoms with Crippen molar-refractivity contribution >= 4 is 5.97 Å². The standard InChI is InChI=1S/C24H38O2/c1-3-5-6-7-8-9-10-11-12-13-14-15-16-17-18-19-20-21-22-23(4-2)24(25)26/h5-6,8-9,11-12,14-15,17-18,23H,3-4,7,10,13,16,19-22H2,1-2H3,(H,25,26)/p-1/b6-5-,9-8-,12-11-,15-14-,18-17-. The summed E-state index contributed by atoms with van der Waals surface area (Å²) in [6, 6.07) is 0. The van der Waals surface area contributed by atoms with Crippen molar-refractivity contribution in [3.05, 3.63) is 60.8 Å². The van der Waals surface area contributed by atoms with Crippen molar-refractivity contribution in [2.24, 2.45) is 5.92 Å². The Morgan fingerprint density at radius 3 is 1.62 bits per heavy atom. The van der Waals surface area contributed by atoms with Gasteiger partial charge in [0.2, 0.25) is 0 Å². The summed E-state index contributed by atoms with van der Waals surface area (Å²) < 4.78 is 0. The zero-order chi connectivity index (χ0) is 19.3. The average molecular weight is 358 g/mol. The molecule has 2 heteroatoms. The summed E-state index contributed by atoms with van der Waals surface area (Å²) in [5.41, 5.74) is 0. The van der Waals surface area contributed by atoms with Crippen LogP contribution in [0.25, 0.3) is 0 Å². The molecule has 0 saturated carbocycles. The molecule has 0 aliphatic rings. The molecular formula is C24H37O2-. The van der Waals surface area contributed by atoms with Gasteiger partial charge in [-0.2, -0.15) is 0 Å². The third kappa shape index (κ3) is 17.0. The van der Waals surface area contributed by atoms with E-state index >= 15 is 0 Å². The van der Waals surface area contributed by atoms with Crippen molar-refractivity contribution in [3.8, 4) is 0 Å². The number of hydrogen-bond donors (Lipinski definition) is 0. The van der Waals surface area contributed by atoms with E-state index in [1.807, 2.05) is 6.92 Å². The molecule has 0 radical (unpaired) electrons. The molecule has 0 bridgehead atoms. The fourth-order valence-electron chi connectivity index (χ4n) is 2.51. The van der Waals surface area contributed by atoms with Crippen molar-refractivity contribution in [3.63, 3.8) is 0 Å². The third-order valence-electron chi connectivity index (χ3n) is 4.16. The predicted molar refractivity (Wildman–Crippen MR) is 112 cm³/mol. The van der Waals surface area contributed by atoms with E-state index < -0.39 is 5.97 Å². The Bertz CT molecular complexity index is 467. The highest BCUT2D eigenvalue weighted by molar-refractivity contribution is 5.67. The molecule has 2 nitrogen and oxygen atoms in total. The molecule has 1 unspecified atom stereocenters. The van der Waals surface area contributed by atoms with Gasteiger partial charge in [0.15, 0.2) is 0 Å². The van der Waals surface area contributed by atoms with Crippen LogP contribution in [0.15, 0.2) is 60.8 Å². The van der Waals surface area contributed by atoms with Crippen LogP contribution in [-0.2, 0) is 4.79 Å². The van der Waals surface area contributed by atoms with Crippen LogP contribution >= 0.6 is 0 Å². The smallest absolute Gasteiger partial charge is 0.0445 e. The molecule has 0 aromatic rings. The Morgan fingerprint density at radius 1 is 0.731 bits per heavy atom. The Morgan fingerprint density at radius 2 is 1.19 bits per heavy atom. The van der Waals surface area contributed by atoms with Crippen molar-refractivity contribution < 1.29 is 9.90 Å². The lowest BCUT2D eigenvalue weighted by molar-refractivity contribution is -0.311. The number of carboxylic acid groups (broad SMARTS) is 1. The van der Waals surface area contributed by atoms with Crippen LogP contribution in [0.3, 0.4) is 0 Å². The monoisotopic (exact) mass is 357 g/mol. The highest BCUT2D eigenvalue weighted by Gasteiger charge is 2.05. The molecule has 0 rings (SSSR count). The zero-order valence-corrected chi connectivity index (χ0v) is 16.7. The Labute approximate surface area is 161 Å². The van der Waals surface area contributed by atoms with Crippen LogP contribution in [0.4, 0.5) is 0 Å². The van der Waals surface area contributed by atoms with E-state index in [2.05, 4.69) is 67.7 Å². The molecule has 0 fully saturated rings. The molecule has 1 atom stereocenters. The minimum atomic E-state index is -0.901. The Hall–Kier alpha value is -1.83. The van der Waals surface area contributed by atoms with Gasteiger partial charge in [0.05, 0.1) is 0 Å². The van der Waals surface area contributed by atoms with Gasteiger partial charge in [0.1, 0.15) is 0 Å². The molecule has 0 heterocycles. The summed E-state index contributed by atoms with van der Waals surface area (Å²) in [6.07, 6.45) is 31.5. The van der Waals surface area contributed by atoms with Crippen LogP contribution < -0.4 is 5.11 Å². The quantitative estimate of drug-likeness (QED) is 0.248. The van der Waals surface area contributed by atoms with Crippen molar-refractivity contribution in [1.29, 1.82) is 0 Å². The molecule has 0 aliphatic carbocycles. The normalized spacial score (nSPS) is 13.9. The van der Waals surface area contributed by atoms with Gasteiger partial charge in [-0.25, -0.2) is 0 Å². The molecule has 0 aliphatic heterocycles. The fourth-order valence-corrected chi connectivity index (χ4v) is 2.51. The van der Waals surface area contributed by atoms with Gasteiger partial charge in [-0.3, -0.25) is 0 Å². The molecule has 0 aromatic heterocycles. The van der Waals surface area contributed by atoms with Crippen molar-refractivity contribution in [2.75, 3.05) is 0 Å². The first-order valence-electron chi connectivity index (χ1n) is 10.2. The van der Waals surface area contributed by atoms with Crippen LogP contribution in [0.2, 0.25) is 0 Å². The molecule has 0 saturated heterocycles. The first kappa shape index (κ1) is 24.2. The summed E-state index contributed by atoms with van der Waals surface area (Å²) in [4.78, 5) is 10.8. The van der Waals surface area contributed by atoms with Crippen molar-refractivity contribution in [2.45, 2.75) is 78.1 Å². The van der Waals surface area contributed by atoms with E-state index in [1.54, 1.807) is 0 Å². The van der Waals surface area contributed by atoms with Crippen LogP contribution in [0.1, 0.15) is 78.1 Å². The van der Waals surface area contributed by atoms with E-state index in [1.165, 1.54) is 0 Å². The van der Waals surface area contributed by atoms with E-state index in [4.69, 9.17) is 0 Å². The summed E-state index contributed by atoms with van der Waals surface area (Å²) in [5, 5.41) is 10.8. The lowest BCUT2D eigenvalue weighted by Crippen LogP contribution is -2.30. The summed E-state index contributed by atoms with van der Waals surface area (Å²) >= 11 is 0. The summed E-state index contributed by atoms with van der Waals surface area (Å²) in [5.74, 6) is -1.18. The van der Waals surface area contributed by atoms with E-state index in [-0.39, 0.29) is 5.92 Å². The molecule has 0 aromatic carbocycles. The number of carbonyl (C=O) groups is 1. The fraction of sp³-hybridized carbons (Fsp3) is 0.542. The van der Waals surface area contributed by atoms with Gasteiger partial charge < -0.3 is 9.90 Å². The number of unbranched alkanes of at least 4 members (excludes halogenated alkanes) is 2. The van der Waals surface area contributed by atoms with Crippen molar-refractivity contribution in [1.82, 2.24) is 0 Å². The average Bonchev–Trinajstić information content (AvgIpc) is 2.63. The lowest BCUT2D eigenvalue weighted by atomic mass is 9.99. The van der Waals surface area contributed by atoms with Gasteiger partial charge in [0.25, 0.3) is 0 Å². The highest BCUT2D eigenvalue weighted by atomic mass is 16.4. The number of allylic oxidation sites excluding steroid dienone is 10. The van der Waals surface area contributed by atoms with Gasteiger partial charge in [0, 0.05) is 5.97 Å².